The number of hydrogen-bond acceptors (Lipinski definition) is 3. The molecule has 0 unspecified atom stereocenters. The maximum Gasteiger partial charge on any atom is 0.148 e. The van der Waals surface area contributed by atoms with Crippen molar-refractivity contribution in [1.29, 1.82) is 0 Å². The van der Waals surface area contributed by atoms with E-state index in [2.05, 4.69) is 137 Å². The Balaban J connectivity index is 0.00000774. The van der Waals surface area contributed by atoms with E-state index in [0.717, 1.165) is 44.5 Å². The van der Waals surface area contributed by atoms with Gasteiger partial charge >= 0.3 is 0 Å². The van der Waals surface area contributed by atoms with Crippen molar-refractivity contribution in [1.82, 2.24) is 14.5 Å². The van der Waals surface area contributed by atoms with Gasteiger partial charge in [-0.2, -0.15) is 0 Å². The Morgan fingerprint density at radius 3 is 2.04 bits per heavy atom. The summed E-state index contributed by atoms with van der Waals surface area (Å²) in [6, 6.07) is 39.1. The molecule has 9 aromatic rings. The standard InChI is InChI=1S/C65H64N3O.Pt/c1-39-23-25-41(26-24-39)42-29-30-66-55(36-42)46-32-45(34-48(35-46)62(3,4)5)51-20-16-22-57-59(51)67-61-52-37-49(38-54(60(52)69)64(9,10)11)65(12,13)47-18-14-17-43(33-47)50-19-15-21-53(63(6,7)8)58(50)44-27-28-56(68(57)61)40(2)31-44;/h14-31,33-38,69H,1-13H3;/q-1;/i1D3,2D3,23D,24D,25D,26D;. The maximum absolute atomic E-state index is 12.8. The van der Waals surface area contributed by atoms with Gasteiger partial charge in [0.05, 0.1) is 27.8 Å². The molecule has 70 heavy (non-hydrogen) atoms. The van der Waals surface area contributed by atoms with Crippen molar-refractivity contribution in [2.75, 3.05) is 0 Å². The molecule has 11 rings (SSSR count). The van der Waals surface area contributed by atoms with E-state index in [9.17, 15) is 9.22 Å². The second-order valence-electron chi connectivity index (χ2n) is 22.2. The van der Waals surface area contributed by atoms with Crippen molar-refractivity contribution in [2.45, 2.75) is 112 Å². The molecule has 6 bridgehead atoms. The number of pyridine rings is 1. The van der Waals surface area contributed by atoms with Gasteiger partial charge in [0.15, 0.2) is 0 Å². The zero-order valence-electron chi connectivity index (χ0n) is 51.7. The first-order valence-corrected chi connectivity index (χ1v) is 23.6. The van der Waals surface area contributed by atoms with E-state index < -0.39 is 59.7 Å². The minimum atomic E-state index is -2.86. The molecule has 2 aromatic heterocycles. The van der Waals surface area contributed by atoms with Crippen molar-refractivity contribution in [3.63, 3.8) is 0 Å². The number of imidazole rings is 1. The second-order valence-corrected chi connectivity index (χ2v) is 22.2. The number of phenols is 1. The molecule has 0 amide bonds. The molecule has 2 aliphatic heterocycles. The topological polar surface area (TPSA) is 50.9 Å². The van der Waals surface area contributed by atoms with Gasteiger partial charge in [0.25, 0.3) is 0 Å². The summed E-state index contributed by atoms with van der Waals surface area (Å²) in [6.45, 7) is 17.9. The van der Waals surface area contributed by atoms with E-state index in [1.54, 1.807) is 18.2 Å². The van der Waals surface area contributed by atoms with Gasteiger partial charge in [-0.1, -0.05) is 190 Å². The van der Waals surface area contributed by atoms with Crippen LogP contribution in [0, 0.1) is 19.8 Å². The second kappa shape index (κ2) is 17.5. The van der Waals surface area contributed by atoms with Gasteiger partial charge in [0.2, 0.25) is 0 Å². The molecule has 0 fully saturated rings. The monoisotopic (exact) mass is 1110 g/mol. The molecule has 5 heteroatoms. The van der Waals surface area contributed by atoms with Crippen molar-refractivity contribution in [2.24, 2.45) is 0 Å². The van der Waals surface area contributed by atoms with Crippen molar-refractivity contribution >= 4 is 11.0 Å². The fourth-order valence-corrected chi connectivity index (χ4v) is 9.81. The first kappa shape index (κ1) is 37.5. The first-order valence-electron chi connectivity index (χ1n) is 28.6. The number of fused-ring (bicyclic) bond motifs is 3. The van der Waals surface area contributed by atoms with E-state index in [-0.39, 0.29) is 43.4 Å². The van der Waals surface area contributed by atoms with E-state index >= 15 is 0 Å². The average molecular weight is 1110 g/mol. The Hall–Kier alpha value is -6.35. The normalized spacial score (nSPS) is 15.7. The van der Waals surface area contributed by atoms with Crippen LogP contribution in [0.3, 0.4) is 0 Å². The molecule has 0 radical (unpaired) electrons. The SMILES string of the molecule is [2H]c1c([2H])c(C([2H])([2H])[2H])c([2H])c([2H])c1-c1ccnc(-c2[c-]c(-c3cccc4c3nc3n4-c4ccc(cc4C([2H])([2H])[2H])-c4c(cccc4C(C)(C)C)-c4cccc(c4)C(C)(C)c4cc-3c(O)c(C(C)(C)C)c4)cc(C(C)(C)C)c2)c1.[Pt]. The number of para-hydroxylation sites is 1. The van der Waals surface area contributed by atoms with Crippen LogP contribution in [0.2, 0.25) is 0 Å². The Labute approximate surface area is 444 Å². The number of rotatable bonds is 3. The van der Waals surface area contributed by atoms with Gasteiger partial charge in [0, 0.05) is 52.2 Å². The molecule has 4 heterocycles. The average Bonchev–Trinajstić information content (AvgIpc) is 3.81. The predicted octanol–water partition coefficient (Wildman–Crippen LogP) is 17.1. The Morgan fingerprint density at radius 2 is 1.33 bits per heavy atom. The van der Waals surface area contributed by atoms with Gasteiger partial charge in [-0.05, 0) is 116 Å². The maximum atomic E-state index is 12.8. The van der Waals surface area contributed by atoms with Crippen LogP contribution in [0.4, 0.5) is 0 Å². The largest absolute Gasteiger partial charge is 0.507 e. The molecule has 2 aliphatic rings. The predicted molar refractivity (Wildman–Crippen MR) is 290 cm³/mol. The van der Waals surface area contributed by atoms with Gasteiger partial charge in [0.1, 0.15) is 11.6 Å². The fraction of sp³-hybridized carbons (Fsp3) is 0.262. The van der Waals surface area contributed by atoms with Crippen LogP contribution >= 0.6 is 0 Å². The molecule has 0 saturated carbocycles. The third-order valence-corrected chi connectivity index (χ3v) is 13.8. The van der Waals surface area contributed by atoms with E-state index in [1.807, 2.05) is 47.0 Å². The minimum Gasteiger partial charge on any atom is -0.507 e. The molecule has 0 aliphatic carbocycles. The number of hydrogen-bond donors (Lipinski definition) is 1. The van der Waals surface area contributed by atoms with Crippen molar-refractivity contribution in [3.8, 4) is 78.6 Å². The summed E-state index contributed by atoms with van der Waals surface area (Å²) < 4.78 is 88.7. The quantitative estimate of drug-likeness (QED) is 0.179. The number of aromatic hydroxyl groups is 1. The molecule has 1 N–H and O–H groups in total. The molecule has 7 aromatic carbocycles. The van der Waals surface area contributed by atoms with Crippen LogP contribution in [-0.4, -0.2) is 19.6 Å². The Bertz CT molecular complexity index is 3950. The van der Waals surface area contributed by atoms with Crippen LogP contribution in [0.5, 0.6) is 5.75 Å². The van der Waals surface area contributed by atoms with Crippen LogP contribution in [0.15, 0.2) is 146 Å². The zero-order chi connectivity index (χ0) is 57.4. The summed E-state index contributed by atoms with van der Waals surface area (Å²) in [7, 11) is 0. The Kier molecular flexibility index (Phi) is 9.37. The van der Waals surface area contributed by atoms with Gasteiger partial charge in [-0.3, -0.25) is 9.55 Å². The molecule has 356 valence electrons. The van der Waals surface area contributed by atoms with Gasteiger partial charge in [-0.25, -0.2) is 4.98 Å². The molecular formula is C65H64N3OPt-. The molecule has 0 spiro atoms. The summed E-state index contributed by atoms with van der Waals surface area (Å²) in [6.07, 6.45) is 1.52. The molecule has 0 atom stereocenters. The van der Waals surface area contributed by atoms with Crippen LogP contribution < -0.4 is 0 Å². The first-order chi connectivity index (χ1) is 36.7. The number of nitrogens with zero attached hydrogens (tertiary/aromatic N) is 3. The van der Waals surface area contributed by atoms with E-state index in [4.69, 9.17) is 19.6 Å². The summed E-state index contributed by atoms with van der Waals surface area (Å²) in [5.41, 5.74) is 10.3. The summed E-state index contributed by atoms with van der Waals surface area (Å²) in [4.78, 5) is 10.3. The van der Waals surface area contributed by atoms with Gasteiger partial charge in [-0.15, -0.1) is 29.3 Å². The van der Waals surface area contributed by atoms with Crippen molar-refractivity contribution in [3.05, 3.63) is 191 Å². The van der Waals surface area contributed by atoms with Gasteiger partial charge < -0.3 is 5.11 Å². The number of aryl methyl sites for hydroxylation is 1. The third kappa shape index (κ3) is 8.57. The summed E-state index contributed by atoms with van der Waals surface area (Å²) in [5.74, 6) is 0.369. The third-order valence-electron chi connectivity index (χ3n) is 13.8. The van der Waals surface area contributed by atoms with E-state index in [1.165, 1.54) is 6.20 Å². The summed E-state index contributed by atoms with van der Waals surface area (Å²) in [5, 5.41) is 12.8. The number of benzene rings is 7. The molecular weight excluding hydrogens is 1030 g/mol. The van der Waals surface area contributed by atoms with Crippen molar-refractivity contribution < 1.29 is 39.9 Å². The smallest absolute Gasteiger partial charge is 0.148 e. The van der Waals surface area contributed by atoms with E-state index in [0.29, 0.717) is 61.6 Å². The number of aromatic nitrogens is 3. The fourth-order valence-electron chi connectivity index (χ4n) is 9.81. The molecule has 0 saturated heterocycles. The van der Waals surface area contributed by atoms with Crippen LogP contribution in [0.1, 0.15) is 129 Å². The zero-order valence-corrected chi connectivity index (χ0v) is 43.9. The van der Waals surface area contributed by atoms with Crippen LogP contribution in [0.25, 0.3) is 83.9 Å². The number of phenolic OH excluding ortho intramolecular Hbond substituents is 1. The molecule has 4 nitrogen and oxygen atoms in total. The summed E-state index contributed by atoms with van der Waals surface area (Å²) >= 11 is 0. The van der Waals surface area contributed by atoms with Crippen LogP contribution in [-0.2, 0) is 42.7 Å². The Morgan fingerprint density at radius 1 is 0.614 bits per heavy atom. The minimum absolute atomic E-state index is 0.